The zero-order chi connectivity index (χ0) is 16.7. The van der Waals surface area contributed by atoms with Crippen molar-refractivity contribution in [1.29, 1.82) is 0 Å². The predicted octanol–water partition coefficient (Wildman–Crippen LogP) is 2.85. The van der Waals surface area contributed by atoms with Gasteiger partial charge in [-0.3, -0.25) is 4.79 Å². The number of fused-ring (bicyclic) bond motifs is 1. The van der Waals surface area contributed by atoms with Gasteiger partial charge in [0.25, 0.3) is 5.91 Å². The summed E-state index contributed by atoms with van der Waals surface area (Å²) in [4.78, 5) is 18.6. The van der Waals surface area contributed by atoms with Crippen LogP contribution in [0.3, 0.4) is 0 Å². The Bertz CT molecular complexity index is 753. The van der Waals surface area contributed by atoms with Crippen molar-refractivity contribution in [1.82, 2.24) is 9.88 Å². The average molecular weight is 328 g/mol. The molecule has 0 N–H and O–H groups in total. The van der Waals surface area contributed by atoms with Crippen LogP contribution in [0.5, 0.6) is 11.5 Å². The minimum atomic E-state index is -0.231. The van der Waals surface area contributed by atoms with Crippen molar-refractivity contribution in [3.8, 4) is 11.5 Å². The normalized spacial score (nSPS) is 20.5. The molecule has 6 heteroatoms. The number of aromatic nitrogens is 1. The molecular formula is C18H20N2O4. The number of carbonyl (C=O) groups excluding carboxylic acids is 1. The average Bonchev–Trinajstić information content (AvgIpc) is 3.36. The lowest BCUT2D eigenvalue weighted by molar-refractivity contribution is 0.0257. The summed E-state index contributed by atoms with van der Waals surface area (Å²) in [6, 6.07) is 7.41. The van der Waals surface area contributed by atoms with Gasteiger partial charge in [0.15, 0.2) is 29.7 Å². The zero-order valence-corrected chi connectivity index (χ0v) is 13.8. The van der Waals surface area contributed by atoms with Crippen molar-refractivity contribution in [3.63, 3.8) is 0 Å². The van der Waals surface area contributed by atoms with Crippen LogP contribution in [-0.2, 0) is 0 Å². The van der Waals surface area contributed by atoms with Crippen molar-refractivity contribution >= 4 is 5.91 Å². The van der Waals surface area contributed by atoms with Crippen molar-refractivity contribution in [2.75, 3.05) is 13.7 Å². The molecule has 6 nitrogen and oxygen atoms in total. The standard InChI is InChI=1S/C18H20N2O4/c1-11(15-9-22-13-5-3-4-6-14(13)24-15)20(2)18(21)16-17(12-7-8-12)23-10-19-16/h3-6,10-12,15H,7-9H2,1-2H3. The first kappa shape index (κ1) is 15.1. The van der Waals surface area contributed by atoms with Gasteiger partial charge in [-0.15, -0.1) is 0 Å². The largest absolute Gasteiger partial charge is 0.486 e. The Labute approximate surface area is 140 Å². The van der Waals surface area contributed by atoms with E-state index in [4.69, 9.17) is 13.9 Å². The fraction of sp³-hybridized carbons (Fsp3) is 0.444. The smallest absolute Gasteiger partial charge is 0.276 e. The number of para-hydroxylation sites is 2. The molecule has 2 heterocycles. The Morgan fingerprint density at radius 3 is 2.79 bits per heavy atom. The van der Waals surface area contributed by atoms with E-state index in [1.807, 2.05) is 31.2 Å². The summed E-state index contributed by atoms with van der Waals surface area (Å²) in [5.74, 6) is 2.37. The van der Waals surface area contributed by atoms with E-state index in [2.05, 4.69) is 4.98 Å². The molecule has 1 aromatic carbocycles. The molecule has 1 fully saturated rings. The highest BCUT2D eigenvalue weighted by Gasteiger charge is 2.36. The molecule has 0 spiro atoms. The Morgan fingerprint density at radius 1 is 1.29 bits per heavy atom. The molecule has 1 amide bonds. The summed E-state index contributed by atoms with van der Waals surface area (Å²) in [7, 11) is 1.77. The lowest BCUT2D eigenvalue weighted by Crippen LogP contribution is -2.49. The van der Waals surface area contributed by atoms with E-state index in [1.165, 1.54) is 6.39 Å². The van der Waals surface area contributed by atoms with Gasteiger partial charge in [-0.25, -0.2) is 4.98 Å². The number of hydrogen-bond donors (Lipinski definition) is 0. The molecule has 2 atom stereocenters. The van der Waals surface area contributed by atoms with Gasteiger partial charge in [-0.2, -0.15) is 0 Å². The molecule has 126 valence electrons. The van der Waals surface area contributed by atoms with E-state index in [9.17, 15) is 4.79 Å². The third-order valence-corrected chi connectivity index (χ3v) is 4.75. The Morgan fingerprint density at radius 2 is 2.04 bits per heavy atom. The van der Waals surface area contributed by atoms with Crippen LogP contribution in [0, 0.1) is 0 Å². The number of benzene rings is 1. The molecular weight excluding hydrogens is 308 g/mol. The fourth-order valence-corrected chi connectivity index (χ4v) is 2.93. The number of nitrogens with zero attached hydrogens (tertiary/aromatic N) is 2. The van der Waals surface area contributed by atoms with Crippen LogP contribution in [-0.4, -0.2) is 41.6 Å². The minimum Gasteiger partial charge on any atom is -0.486 e. The first-order valence-corrected chi connectivity index (χ1v) is 8.24. The lowest BCUT2D eigenvalue weighted by Gasteiger charge is -2.34. The number of oxazole rings is 1. The summed E-state index contributed by atoms with van der Waals surface area (Å²) in [5.41, 5.74) is 0.420. The molecule has 0 saturated heterocycles. The maximum absolute atomic E-state index is 12.8. The maximum atomic E-state index is 12.8. The number of carbonyl (C=O) groups is 1. The molecule has 1 saturated carbocycles. The van der Waals surface area contributed by atoms with E-state index >= 15 is 0 Å². The molecule has 0 bridgehead atoms. The maximum Gasteiger partial charge on any atom is 0.276 e. The quantitative estimate of drug-likeness (QED) is 0.863. The van der Waals surface area contributed by atoms with E-state index < -0.39 is 0 Å². The van der Waals surface area contributed by atoms with Crippen LogP contribution in [0.4, 0.5) is 0 Å². The second-order valence-electron chi connectivity index (χ2n) is 6.41. The molecule has 4 rings (SSSR count). The van der Waals surface area contributed by atoms with Gasteiger partial charge >= 0.3 is 0 Å². The number of amides is 1. The van der Waals surface area contributed by atoms with E-state index in [1.54, 1.807) is 11.9 Å². The highest BCUT2D eigenvalue weighted by molar-refractivity contribution is 5.93. The molecule has 1 aliphatic heterocycles. The van der Waals surface area contributed by atoms with E-state index in [0.29, 0.717) is 29.7 Å². The molecule has 24 heavy (non-hydrogen) atoms. The van der Waals surface area contributed by atoms with Crippen molar-refractivity contribution in [2.24, 2.45) is 0 Å². The second-order valence-corrected chi connectivity index (χ2v) is 6.41. The number of ether oxygens (including phenoxy) is 2. The van der Waals surface area contributed by atoms with Crippen LogP contribution in [0.2, 0.25) is 0 Å². The van der Waals surface area contributed by atoms with Crippen molar-refractivity contribution < 1.29 is 18.7 Å². The molecule has 1 aliphatic carbocycles. The molecule has 2 aromatic rings. The van der Waals surface area contributed by atoms with Crippen molar-refractivity contribution in [2.45, 2.75) is 37.8 Å². The van der Waals surface area contributed by atoms with Crippen LogP contribution >= 0.6 is 0 Å². The highest BCUT2D eigenvalue weighted by atomic mass is 16.6. The molecule has 1 aromatic heterocycles. The summed E-state index contributed by atoms with van der Waals surface area (Å²) >= 11 is 0. The second kappa shape index (κ2) is 5.85. The zero-order valence-electron chi connectivity index (χ0n) is 13.8. The van der Waals surface area contributed by atoms with Crippen LogP contribution in [0.25, 0.3) is 0 Å². The molecule has 2 unspecified atom stereocenters. The van der Waals surface area contributed by atoms with Crippen LogP contribution < -0.4 is 9.47 Å². The Hall–Kier alpha value is -2.50. The van der Waals surface area contributed by atoms with Gasteiger partial charge in [-0.1, -0.05) is 12.1 Å². The molecule has 2 aliphatic rings. The van der Waals surface area contributed by atoms with Gasteiger partial charge < -0.3 is 18.8 Å². The van der Waals surface area contributed by atoms with Gasteiger partial charge in [-0.05, 0) is 31.9 Å². The summed E-state index contributed by atoms with van der Waals surface area (Å²) < 4.78 is 17.2. The predicted molar refractivity (Wildman–Crippen MR) is 86.4 cm³/mol. The fourth-order valence-electron chi connectivity index (χ4n) is 2.93. The monoisotopic (exact) mass is 328 g/mol. The number of likely N-dealkylation sites (N-methyl/N-ethyl adjacent to an activating group) is 1. The topological polar surface area (TPSA) is 64.8 Å². The number of rotatable bonds is 4. The van der Waals surface area contributed by atoms with Crippen molar-refractivity contribution in [3.05, 3.63) is 42.1 Å². The summed E-state index contributed by atoms with van der Waals surface area (Å²) in [6.07, 6.45) is 3.25. The highest BCUT2D eigenvalue weighted by Crippen LogP contribution is 2.41. The van der Waals surface area contributed by atoms with Gasteiger partial charge in [0.2, 0.25) is 0 Å². The SMILES string of the molecule is CC(C1COc2ccccc2O1)N(C)C(=O)c1ncoc1C1CC1. The van der Waals surface area contributed by atoms with Gasteiger partial charge in [0.05, 0.1) is 6.04 Å². The van der Waals surface area contributed by atoms with Gasteiger partial charge in [0, 0.05) is 13.0 Å². The Kier molecular flexibility index (Phi) is 3.67. The summed E-state index contributed by atoms with van der Waals surface area (Å²) in [5, 5.41) is 0. The van der Waals surface area contributed by atoms with E-state index in [-0.39, 0.29) is 18.1 Å². The van der Waals surface area contributed by atoms with Crippen LogP contribution in [0.1, 0.15) is 41.9 Å². The first-order valence-electron chi connectivity index (χ1n) is 8.24. The summed E-state index contributed by atoms with van der Waals surface area (Å²) in [6.45, 7) is 2.36. The third kappa shape index (κ3) is 2.62. The van der Waals surface area contributed by atoms with E-state index in [0.717, 1.165) is 18.6 Å². The van der Waals surface area contributed by atoms with Crippen LogP contribution in [0.15, 0.2) is 35.1 Å². The Balaban J connectivity index is 1.49. The lowest BCUT2D eigenvalue weighted by atomic mass is 10.1. The first-order chi connectivity index (χ1) is 11.6. The number of hydrogen-bond acceptors (Lipinski definition) is 5. The third-order valence-electron chi connectivity index (χ3n) is 4.75. The molecule has 0 radical (unpaired) electrons. The minimum absolute atomic E-state index is 0.138. The van der Waals surface area contributed by atoms with Gasteiger partial charge in [0.1, 0.15) is 12.4 Å².